The summed E-state index contributed by atoms with van der Waals surface area (Å²) in [7, 11) is 0. The van der Waals surface area contributed by atoms with Gasteiger partial charge in [-0.25, -0.2) is 9.97 Å². The van der Waals surface area contributed by atoms with Crippen molar-refractivity contribution >= 4 is 33.3 Å². The minimum atomic E-state index is 0.134. The lowest BCUT2D eigenvalue weighted by Crippen LogP contribution is -2.50. The number of nitrogens with zero attached hydrogens (tertiary/aromatic N) is 4. The van der Waals surface area contributed by atoms with Crippen LogP contribution in [-0.4, -0.2) is 16.1 Å². The van der Waals surface area contributed by atoms with Gasteiger partial charge in [0.15, 0.2) is 11.6 Å². The molecular weight excluding hydrogens is 484 g/mol. The summed E-state index contributed by atoms with van der Waals surface area (Å²) in [5.41, 5.74) is 7.18. The fourth-order valence-corrected chi connectivity index (χ4v) is 6.98. The van der Waals surface area contributed by atoms with Gasteiger partial charge in [0.2, 0.25) is 0 Å². The van der Waals surface area contributed by atoms with Crippen LogP contribution in [0.15, 0.2) is 52.4 Å². The lowest BCUT2D eigenvalue weighted by molar-refractivity contribution is 0.318. The predicted molar refractivity (Wildman–Crippen MR) is 146 cm³/mol. The van der Waals surface area contributed by atoms with Gasteiger partial charge in [0.05, 0.1) is 0 Å². The number of anilines is 3. The Hall–Kier alpha value is -2.14. The SMILES string of the molecule is CCC1(CC)CC2N(C3=CC=C(C(C)C)CC3)c3nccnc3N2c2cc(Br)c(C(C)C)cc21. The Morgan fingerprint density at radius 3 is 2.18 bits per heavy atom. The zero-order valence-corrected chi connectivity index (χ0v) is 23.0. The molecule has 0 saturated carbocycles. The molecule has 1 unspecified atom stereocenters. The van der Waals surface area contributed by atoms with Gasteiger partial charge in [-0.05, 0) is 67.2 Å². The van der Waals surface area contributed by atoms with Crippen molar-refractivity contribution in [3.63, 3.8) is 0 Å². The van der Waals surface area contributed by atoms with E-state index in [4.69, 9.17) is 9.97 Å². The first kappa shape index (κ1) is 23.6. The van der Waals surface area contributed by atoms with E-state index in [9.17, 15) is 0 Å². The predicted octanol–water partition coefficient (Wildman–Crippen LogP) is 8.37. The minimum absolute atomic E-state index is 0.134. The summed E-state index contributed by atoms with van der Waals surface area (Å²) in [5.74, 6) is 3.05. The molecule has 5 heteroatoms. The molecule has 1 aliphatic carbocycles. The molecule has 180 valence electrons. The molecule has 3 heterocycles. The molecule has 1 atom stereocenters. The highest BCUT2D eigenvalue weighted by Gasteiger charge is 2.50. The molecule has 0 radical (unpaired) electrons. The van der Waals surface area contributed by atoms with Gasteiger partial charge < -0.3 is 9.80 Å². The largest absolute Gasteiger partial charge is 0.306 e. The van der Waals surface area contributed by atoms with E-state index in [0.29, 0.717) is 11.8 Å². The van der Waals surface area contributed by atoms with Crippen LogP contribution in [0.5, 0.6) is 0 Å². The highest BCUT2D eigenvalue weighted by atomic mass is 79.9. The van der Waals surface area contributed by atoms with Crippen molar-refractivity contribution in [2.75, 3.05) is 9.80 Å². The van der Waals surface area contributed by atoms with E-state index in [1.165, 1.54) is 32.6 Å². The number of allylic oxidation sites excluding steroid dienone is 4. The summed E-state index contributed by atoms with van der Waals surface area (Å²) in [6, 6.07) is 4.83. The molecule has 2 aliphatic heterocycles. The molecule has 0 fully saturated rings. The topological polar surface area (TPSA) is 32.3 Å². The Kier molecular flexibility index (Phi) is 6.12. The van der Waals surface area contributed by atoms with E-state index in [-0.39, 0.29) is 11.6 Å². The molecule has 5 rings (SSSR count). The van der Waals surface area contributed by atoms with E-state index in [0.717, 1.165) is 43.7 Å². The lowest BCUT2D eigenvalue weighted by atomic mass is 9.68. The van der Waals surface area contributed by atoms with Crippen LogP contribution in [0.1, 0.15) is 90.7 Å². The molecule has 1 aromatic heterocycles. The molecule has 0 spiro atoms. The summed E-state index contributed by atoms with van der Waals surface area (Å²) in [5, 5.41) is 0. The van der Waals surface area contributed by atoms with Gasteiger partial charge in [-0.2, -0.15) is 0 Å². The number of hydrogen-bond acceptors (Lipinski definition) is 4. The van der Waals surface area contributed by atoms with Gasteiger partial charge in [0.1, 0.15) is 6.17 Å². The summed E-state index contributed by atoms with van der Waals surface area (Å²) >= 11 is 3.91. The highest BCUT2D eigenvalue weighted by molar-refractivity contribution is 9.10. The monoisotopic (exact) mass is 520 g/mol. The van der Waals surface area contributed by atoms with Crippen LogP contribution in [0.25, 0.3) is 0 Å². The van der Waals surface area contributed by atoms with E-state index in [2.05, 4.69) is 91.6 Å². The van der Waals surface area contributed by atoms with Crippen molar-refractivity contribution in [1.82, 2.24) is 9.97 Å². The average molecular weight is 522 g/mol. The number of benzene rings is 1. The second kappa shape index (κ2) is 8.82. The van der Waals surface area contributed by atoms with Crippen LogP contribution >= 0.6 is 15.9 Å². The first-order valence-electron chi connectivity index (χ1n) is 12.9. The lowest BCUT2D eigenvalue weighted by Gasteiger charge is -2.48. The van der Waals surface area contributed by atoms with Gasteiger partial charge in [0, 0.05) is 33.7 Å². The molecule has 2 aromatic rings. The maximum absolute atomic E-state index is 4.88. The van der Waals surface area contributed by atoms with E-state index < -0.39 is 0 Å². The van der Waals surface area contributed by atoms with Crippen LogP contribution < -0.4 is 9.80 Å². The van der Waals surface area contributed by atoms with Crippen molar-refractivity contribution in [1.29, 1.82) is 0 Å². The van der Waals surface area contributed by atoms with Gasteiger partial charge in [-0.15, -0.1) is 0 Å². The van der Waals surface area contributed by atoms with Crippen LogP contribution in [0.3, 0.4) is 0 Å². The molecular formula is C29H37BrN4. The molecule has 1 aromatic carbocycles. The number of halogens is 1. The van der Waals surface area contributed by atoms with Crippen molar-refractivity contribution < 1.29 is 0 Å². The first-order chi connectivity index (χ1) is 16.3. The first-order valence-corrected chi connectivity index (χ1v) is 13.7. The molecule has 34 heavy (non-hydrogen) atoms. The Morgan fingerprint density at radius 2 is 1.62 bits per heavy atom. The Balaban J connectivity index is 1.71. The zero-order chi connectivity index (χ0) is 24.2. The van der Waals surface area contributed by atoms with Crippen LogP contribution in [0.2, 0.25) is 0 Å². The van der Waals surface area contributed by atoms with E-state index in [1.807, 2.05) is 12.4 Å². The third kappa shape index (κ3) is 3.54. The number of aromatic nitrogens is 2. The van der Waals surface area contributed by atoms with Gasteiger partial charge in [0.25, 0.3) is 0 Å². The second-order valence-electron chi connectivity index (χ2n) is 10.7. The Bertz CT molecular complexity index is 1160. The summed E-state index contributed by atoms with van der Waals surface area (Å²) in [6.07, 6.45) is 14.1. The van der Waals surface area contributed by atoms with Gasteiger partial charge in [-0.1, -0.05) is 75.2 Å². The molecule has 4 nitrogen and oxygen atoms in total. The number of rotatable bonds is 5. The quantitative estimate of drug-likeness (QED) is 0.396. The Labute approximate surface area is 213 Å². The molecule has 0 N–H and O–H groups in total. The fourth-order valence-electron chi connectivity index (χ4n) is 6.19. The standard InChI is InChI=1S/C29H37BrN4/c1-7-29(8-2)17-26-33(21-11-9-20(10-12-21)18(3)4)27-28(32-14-13-31-27)34(26)25-16-24(30)22(19(5)6)15-23(25)29/h9,11,13-16,18-19,26H,7-8,10,12,17H2,1-6H3. The summed E-state index contributed by atoms with van der Waals surface area (Å²) in [6.45, 7) is 13.9. The van der Waals surface area contributed by atoms with Crippen molar-refractivity contribution in [2.24, 2.45) is 5.92 Å². The highest BCUT2D eigenvalue weighted by Crippen LogP contribution is 2.56. The average Bonchev–Trinajstić information content (AvgIpc) is 3.16. The molecule has 3 aliphatic rings. The van der Waals surface area contributed by atoms with Crippen LogP contribution in [0.4, 0.5) is 17.3 Å². The van der Waals surface area contributed by atoms with Crippen LogP contribution in [-0.2, 0) is 5.41 Å². The molecule has 0 saturated heterocycles. The zero-order valence-electron chi connectivity index (χ0n) is 21.4. The minimum Gasteiger partial charge on any atom is -0.306 e. The second-order valence-corrected chi connectivity index (χ2v) is 11.6. The van der Waals surface area contributed by atoms with E-state index >= 15 is 0 Å². The number of hydrogen-bond donors (Lipinski definition) is 0. The van der Waals surface area contributed by atoms with Crippen molar-refractivity contribution in [3.8, 4) is 0 Å². The third-order valence-electron chi connectivity index (χ3n) is 8.42. The normalized spacial score (nSPS) is 20.8. The fraction of sp³-hybridized carbons (Fsp3) is 0.517. The smallest absolute Gasteiger partial charge is 0.178 e. The maximum atomic E-state index is 4.88. The van der Waals surface area contributed by atoms with Crippen LogP contribution in [0, 0.1) is 5.92 Å². The molecule has 0 bridgehead atoms. The van der Waals surface area contributed by atoms with Crippen molar-refractivity contribution in [3.05, 3.63) is 63.5 Å². The van der Waals surface area contributed by atoms with Gasteiger partial charge in [-0.3, -0.25) is 0 Å². The molecule has 0 amide bonds. The maximum Gasteiger partial charge on any atom is 0.178 e. The number of fused-ring (bicyclic) bond motifs is 5. The van der Waals surface area contributed by atoms with E-state index in [1.54, 1.807) is 0 Å². The van der Waals surface area contributed by atoms with Gasteiger partial charge >= 0.3 is 0 Å². The Morgan fingerprint density at radius 1 is 0.941 bits per heavy atom. The third-order valence-corrected chi connectivity index (χ3v) is 9.10. The summed E-state index contributed by atoms with van der Waals surface area (Å²) in [4.78, 5) is 14.7. The summed E-state index contributed by atoms with van der Waals surface area (Å²) < 4.78 is 1.19. The van der Waals surface area contributed by atoms with Crippen molar-refractivity contribution in [2.45, 2.75) is 91.1 Å².